The number of H-pyrrole nitrogens is 2. The van der Waals surface area contributed by atoms with Crippen LogP contribution in [0.3, 0.4) is 0 Å². The number of benzene rings is 1. The summed E-state index contributed by atoms with van der Waals surface area (Å²) < 4.78 is 0. The van der Waals surface area contributed by atoms with Gasteiger partial charge in [0.25, 0.3) is 0 Å². The monoisotopic (exact) mass is 279 g/mol. The number of nitrogen functional groups attached to an aromatic ring is 2. The maximum Gasteiger partial charge on any atom is 0.312 e. The first kappa shape index (κ1) is 12.6. The molecule has 0 saturated carbocycles. The van der Waals surface area contributed by atoms with Gasteiger partial charge in [-0.1, -0.05) is 30.3 Å². The molecule has 0 fully saturated rings. The van der Waals surface area contributed by atoms with E-state index in [1.54, 1.807) is 12.1 Å². The van der Waals surface area contributed by atoms with Crippen LogP contribution in [0.5, 0.6) is 0 Å². The van der Waals surface area contributed by atoms with E-state index in [2.05, 4.69) is 15.0 Å². The van der Waals surface area contributed by atoms with E-state index >= 15 is 0 Å². The third-order valence-corrected chi connectivity index (χ3v) is 3.13. The molecule has 0 aliphatic heterocycles. The van der Waals surface area contributed by atoms with Gasteiger partial charge in [-0.25, -0.2) is 9.97 Å². The number of nitrogens with two attached hydrogens (primary N) is 2. The second-order valence-corrected chi connectivity index (χ2v) is 4.44. The fourth-order valence-electron chi connectivity index (χ4n) is 2.27. The number of nitrogens with one attached hydrogen (secondary N) is 2. The van der Waals surface area contributed by atoms with Crippen molar-refractivity contribution in [3.05, 3.63) is 46.2 Å². The van der Waals surface area contributed by atoms with E-state index in [1.165, 1.54) is 0 Å². The average Bonchev–Trinajstić information content (AvgIpc) is 2.46. The van der Waals surface area contributed by atoms with Crippen molar-refractivity contribution in [2.75, 3.05) is 11.5 Å². The van der Waals surface area contributed by atoms with Gasteiger partial charge in [0, 0.05) is 5.56 Å². The highest BCUT2D eigenvalue weighted by atomic mass is 16.1. The highest BCUT2D eigenvalue weighted by molar-refractivity contribution is 5.96. The summed E-state index contributed by atoms with van der Waals surface area (Å²) in [7, 11) is 0. The zero-order chi connectivity index (χ0) is 15.0. The van der Waals surface area contributed by atoms with Gasteiger partial charge in [0.2, 0.25) is 11.5 Å². The van der Waals surface area contributed by atoms with Gasteiger partial charge >= 0.3 is 11.5 Å². The van der Waals surface area contributed by atoms with Crippen LogP contribution in [0.1, 0.15) is 5.56 Å². The molecule has 0 atom stereocenters. The Labute approximate surface area is 118 Å². The molecule has 7 nitrogen and oxygen atoms in total. The number of rotatable bonds is 1. The summed E-state index contributed by atoms with van der Waals surface area (Å²) in [5.74, 6) is 0.119. The van der Waals surface area contributed by atoms with E-state index in [4.69, 9.17) is 11.5 Å². The van der Waals surface area contributed by atoms with Crippen LogP contribution < -0.4 is 22.0 Å². The molecule has 102 valence electrons. The second-order valence-electron chi connectivity index (χ2n) is 4.44. The SMILES string of the molecule is N#Cc1c(N)nc2[nH+]c(N)[nH]c(=O)c2c1-c1ccccc1. The fourth-order valence-corrected chi connectivity index (χ4v) is 2.27. The maximum atomic E-state index is 12.2. The van der Waals surface area contributed by atoms with Gasteiger partial charge in [0.15, 0.2) is 0 Å². The average molecular weight is 279 g/mol. The Balaban J connectivity index is 2.57. The minimum Gasteiger partial charge on any atom is -0.372 e. The van der Waals surface area contributed by atoms with E-state index in [9.17, 15) is 10.1 Å². The molecule has 0 unspecified atom stereocenters. The van der Waals surface area contributed by atoms with E-state index in [0.29, 0.717) is 11.1 Å². The summed E-state index contributed by atoms with van der Waals surface area (Å²) >= 11 is 0. The van der Waals surface area contributed by atoms with Crippen LogP contribution in [0.25, 0.3) is 22.2 Å². The molecule has 3 rings (SSSR count). The molecule has 0 aliphatic carbocycles. The molecule has 0 aliphatic rings. The van der Waals surface area contributed by atoms with E-state index in [1.807, 2.05) is 24.3 Å². The highest BCUT2D eigenvalue weighted by Gasteiger charge is 2.21. The molecule has 6 N–H and O–H groups in total. The van der Waals surface area contributed by atoms with Crippen molar-refractivity contribution in [2.24, 2.45) is 0 Å². The number of pyridine rings is 1. The number of hydrogen-bond donors (Lipinski definition) is 3. The topological polar surface area (TPSA) is 136 Å². The number of nitriles is 1. The first-order valence-corrected chi connectivity index (χ1v) is 6.11. The zero-order valence-electron chi connectivity index (χ0n) is 10.8. The molecular formula is C14H11N6O+. The summed E-state index contributed by atoms with van der Waals surface area (Å²) in [6, 6.07) is 11.1. The quantitative estimate of drug-likeness (QED) is 0.593. The van der Waals surface area contributed by atoms with Crippen LogP contribution in [0.4, 0.5) is 11.8 Å². The smallest absolute Gasteiger partial charge is 0.312 e. The lowest BCUT2D eigenvalue weighted by Gasteiger charge is -2.07. The lowest BCUT2D eigenvalue weighted by atomic mass is 9.98. The Morgan fingerprint density at radius 1 is 1.24 bits per heavy atom. The first-order chi connectivity index (χ1) is 10.1. The number of fused-ring (bicyclic) bond motifs is 1. The van der Waals surface area contributed by atoms with Gasteiger partial charge in [0.1, 0.15) is 17.0 Å². The number of aromatic amines is 2. The van der Waals surface area contributed by atoms with Gasteiger partial charge in [-0.3, -0.25) is 4.79 Å². The molecular weight excluding hydrogens is 268 g/mol. The Morgan fingerprint density at radius 3 is 2.62 bits per heavy atom. The molecule has 0 radical (unpaired) electrons. The Kier molecular flexibility index (Phi) is 2.77. The Hall–Kier alpha value is -3.40. The minimum atomic E-state index is -0.427. The third-order valence-electron chi connectivity index (χ3n) is 3.13. The standard InChI is InChI=1S/C14H10N6O/c15-6-8-9(7-4-2-1-3-5-7)10-12(18-11(8)16)19-14(17)20-13(10)21/h1-5H,(H5,16,17,18,19,20,21)/p+1. The summed E-state index contributed by atoms with van der Waals surface area (Å²) in [6.45, 7) is 0. The number of hydrogen-bond acceptors (Lipinski definition) is 5. The predicted octanol–water partition coefficient (Wildman–Crippen LogP) is 0.440. The zero-order valence-corrected chi connectivity index (χ0v) is 10.8. The van der Waals surface area contributed by atoms with Crippen molar-refractivity contribution in [3.63, 3.8) is 0 Å². The van der Waals surface area contributed by atoms with Crippen molar-refractivity contribution in [1.29, 1.82) is 5.26 Å². The van der Waals surface area contributed by atoms with Crippen molar-refractivity contribution >= 4 is 22.8 Å². The van der Waals surface area contributed by atoms with Crippen LogP contribution in [-0.4, -0.2) is 9.97 Å². The van der Waals surface area contributed by atoms with Crippen LogP contribution in [0, 0.1) is 11.3 Å². The molecule has 0 spiro atoms. The van der Waals surface area contributed by atoms with Crippen LogP contribution >= 0.6 is 0 Å². The van der Waals surface area contributed by atoms with E-state index < -0.39 is 5.56 Å². The summed E-state index contributed by atoms with van der Waals surface area (Å²) in [5, 5.41) is 9.60. The van der Waals surface area contributed by atoms with Crippen molar-refractivity contribution in [1.82, 2.24) is 9.97 Å². The van der Waals surface area contributed by atoms with Gasteiger partial charge in [-0.05, 0) is 5.56 Å². The van der Waals surface area contributed by atoms with Gasteiger partial charge < -0.3 is 11.5 Å². The Bertz CT molecular complexity index is 940. The van der Waals surface area contributed by atoms with Gasteiger partial charge in [-0.2, -0.15) is 5.26 Å². The summed E-state index contributed by atoms with van der Waals surface area (Å²) in [5.41, 5.74) is 12.5. The molecule has 2 heterocycles. The van der Waals surface area contributed by atoms with E-state index in [0.717, 1.165) is 0 Å². The van der Waals surface area contributed by atoms with Gasteiger partial charge in [0.05, 0.1) is 0 Å². The minimum absolute atomic E-state index is 0.0464. The predicted molar refractivity (Wildman–Crippen MR) is 77.9 cm³/mol. The highest BCUT2D eigenvalue weighted by Crippen LogP contribution is 2.30. The number of anilines is 2. The van der Waals surface area contributed by atoms with Crippen molar-refractivity contribution < 1.29 is 4.98 Å². The number of nitrogens with zero attached hydrogens (tertiary/aromatic N) is 2. The molecule has 0 amide bonds. The molecule has 7 heteroatoms. The van der Waals surface area contributed by atoms with Crippen LogP contribution in [0.15, 0.2) is 35.1 Å². The largest absolute Gasteiger partial charge is 0.372 e. The van der Waals surface area contributed by atoms with Crippen LogP contribution in [-0.2, 0) is 0 Å². The fraction of sp³-hybridized carbons (Fsp3) is 0. The summed E-state index contributed by atoms with van der Waals surface area (Å²) in [6.07, 6.45) is 0. The van der Waals surface area contributed by atoms with Crippen molar-refractivity contribution in [3.8, 4) is 17.2 Å². The van der Waals surface area contributed by atoms with Gasteiger partial charge in [-0.15, -0.1) is 4.98 Å². The number of aromatic nitrogens is 3. The molecule has 0 bridgehead atoms. The summed E-state index contributed by atoms with van der Waals surface area (Å²) in [4.78, 5) is 21.5. The second kappa shape index (κ2) is 4.61. The third kappa shape index (κ3) is 1.95. The molecule has 21 heavy (non-hydrogen) atoms. The maximum absolute atomic E-state index is 12.2. The normalized spacial score (nSPS) is 10.4. The lowest BCUT2D eigenvalue weighted by Crippen LogP contribution is -2.24. The lowest BCUT2D eigenvalue weighted by molar-refractivity contribution is -0.333. The van der Waals surface area contributed by atoms with Crippen LogP contribution in [0.2, 0.25) is 0 Å². The first-order valence-electron chi connectivity index (χ1n) is 6.11. The molecule has 2 aromatic heterocycles. The van der Waals surface area contributed by atoms with Crippen molar-refractivity contribution in [2.45, 2.75) is 0 Å². The molecule has 1 aromatic carbocycles. The molecule has 0 saturated heterocycles. The Morgan fingerprint density at radius 2 is 1.95 bits per heavy atom. The van der Waals surface area contributed by atoms with E-state index in [-0.39, 0.29) is 28.4 Å². The molecule has 3 aromatic rings.